The third kappa shape index (κ3) is 3.67. The maximum Gasteiger partial charge on any atom is 0.230 e. The van der Waals surface area contributed by atoms with E-state index in [1.54, 1.807) is 0 Å². The van der Waals surface area contributed by atoms with Gasteiger partial charge in [0.1, 0.15) is 13.2 Å². The predicted octanol–water partition coefficient (Wildman–Crippen LogP) is 1.46. The third-order valence-electron chi connectivity index (χ3n) is 3.72. The highest BCUT2D eigenvalue weighted by atomic mass is 16.6. The molecule has 0 spiro atoms. The molecule has 1 aromatic carbocycles. The Kier molecular flexibility index (Phi) is 5.07. The molecule has 0 saturated heterocycles. The molecule has 116 valence electrons. The number of hydrogen-bond acceptors (Lipinski definition) is 4. The van der Waals surface area contributed by atoms with Crippen molar-refractivity contribution in [3.63, 3.8) is 0 Å². The summed E-state index contributed by atoms with van der Waals surface area (Å²) >= 11 is 0. The molecule has 5 heteroatoms. The van der Waals surface area contributed by atoms with Gasteiger partial charge in [0.05, 0.1) is 5.41 Å². The van der Waals surface area contributed by atoms with Crippen molar-refractivity contribution in [2.24, 2.45) is 0 Å². The molecule has 2 N–H and O–H groups in total. The molecule has 1 amide bonds. The van der Waals surface area contributed by atoms with Crippen LogP contribution in [0.25, 0.3) is 0 Å². The van der Waals surface area contributed by atoms with Gasteiger partial charge in [0.15, 0.2) is 11.5 Å². The molecule has 0 unspecified atom stereocenters. The molecule has 0 aliphatic carbocycles. The molecule has 5 nitrogen and oxygen atoms in total. The number of carbonyl (C=O) groups excluding carboxylic acids is 1. The van der Waals surface area contributed by atoms with Crippen molar-refractivity contribution in [2.45, 2.75) is 25.7 Å². The van der Waals surface area contributed by atoms with E-state index in [9.17, 15) is 4.79 Å². The van der Waals surface area contributed by atoms with Gasteiger partial charge in [0.2, 0.25) is 5.91 Å². The minimum absolute atomic E-state index is 0.0234. The first-order valence-electron chi connectivity index (χ1n) is 7.38. The van der Waals surface area contributed by atoms with Crippen LogP contribution in [0, 0.1) is 0 Å². The van der Waals surface area contributed by atoms with Crippen molar-refractivity contribution < 1.29 is 14.3 Å². The summed E-state index contributed by atoms with van der Waals surface area (Å²) < 4.78 is 11.1. The summed E-state index contributed by atoms with van der Waals surface area (Å²) in [5.74, 6) is 1.49. The van der Waals surface area contributed by atoms with Crippen molar-refractivity contribution in [2.75, 3.05) is 33.4 Å². The Morgan fingerprint density at radius 1 is 1.19 bits per heavy atom. The summed E-state index contributed by atoms with van der Waals surface area (Å²) in [6.45, 7) is 6.53. The number of benzene rings is 1. The highest BCUT2D eigenvalue weighted by Gasteiger charge is 2.30. The number of carbonyl (C=O) groups is 1. The van der Waals surface area contributed by atoms with E-state index in [2.05, 4.69) is 10.6 Å². The Morgan fingerprint density at radius 2 is 1.90 bits per heavy atom. The predicted molar refractivity (Wildman–Crippen MR) is 82.0 cm³/mol. The van der Waals surface area contributed by atoms with Gasteiger partial charge < -0.3 is 20.1 Å². The summed E-state index contributed by atoms with van der Waals surface area (Å²) in [6.07, 6.45) is 0.916. The Morgan fingerprint density at radius 3 is 2.62 bits per heavy atom. The molecule has 0 atom stereocenters. The molecule has 0 fully saturated rings. The lowest BCUT2D eigenvalue weighted by atomic mass is 9.83. The van der Waals surface area contributed by atoms with Gasteiger partial charge in [-0.3, -0.25) is 4.79 Å². The molecular weight excluding hydrogens is 268 g/mol. The zero-order valence-corrected chi connectivity index (χ0v) is 13.0. The fraction of sp³-hybridized carbons (Fsp3) is 0.562. The number of fused-ring (bicyclic) bond motifs is 1. The molecule has 21 heavy (non-hydrogen) atoms. The Hall–Kier alpha value is -1.75. The van der Waals surface area contributed by atoms with Gasteiger partial charge in [-0.1, -0.05) is 6.07 Å². The maximum absolute atomic E-state index is 12.4. The lowest BCUT2D eigenvalue weighted by Gasteiger charge is -2.26. The average molecular weight is 292 g/mol. The van der Waals surface area contributed by atoms with E-state index in [0.717, 1.165) is 30.0 Å². The fourth-order valence-corrected chi connectivity index (χ4v) is 2.25. The quantitative estimate of drug-likeness (QED) is 0.779. The standard InChI is InChI=1S/C16H24N2O3/c1-16(2,15(19)18-8-4-7-17-3)12-5-6-13-14(11-12)21-10-9-20-13/h5-6,11,17H,4,7-10H2,1-3H3,(H,18,19). The Labute approximate surface area is 126 Å². The lowest BCUT2D eigenvalue weighted by Crippen LogP contribution is -2.41. The molecule has 1 aromatic rings. The largest absolute Gasteiger partial charge is 0.486 e. The van der Waals surface area contributed by atoms with Crippen LogP contribution in [0.5, 0.6) is 11.5 Å². The normalized spacial score (nSPS) is 13.9. The summed E-state index contributed by atoms with van der Waals surface area (Å²) in [4.78, 5) is 12.4. The van der Waals surface area contributed by atoms with Crippen molar-refractivity contribution in [3.8, 4) is 11.5 Å². The van der Waals surface area contributed by atoms with Gasteiger partial charge in [-0.2, -0.15) is 0 Å². The number of ether oxygens (including phenoxy) is 2. The SMILES string of the molecule is CNCCCNC(=O)C(C)(C)c1ccc2c(c1)OCCO2. The minimum atomic E-state index is -0.602. The van der Waals surface area contributed by atoms with E-state index in [1.807, 2.05) is 39.1 Å². The molecule has 1 aliphatic heterocycles. The third-order valence-corrected chi connectivity index (χ3v) is 3.72. The van der Waals surface area contributed by atoms with Crippen LogP contribution in [0.1, 0.15) is 25.8 Å². The minimum Gasteiger partial charge on any atom is -0.486 e. The second-order valence-corrected chi connectivity index (χ2v) is 5.70. The first kappa shape index (κ1) is 15.6. The highest BCUT2D eigenvalue weighted by Crippen LogP contribution is 2.35. The maximum atomic E-state index is 12.4. The van der Waals surface area contributed by atoms with E-state index >= 15 is 0 Å². The van der Waals surface area contributed by atoms with Crippen LogP contribution in [0.4, 0.5) is 0 Å². The van der Waals surface area contributed by atoms with Crippen molar-refractivity contribution in [1.82, 2.24) is 10.6 Å². The number of rotatable bonds is 6. The molecule has 1 heterocycles. The molecule has 0 saturated carbocycles. The second kappa shape index (κ2) is 6.80. The topological polar surface area (TPSA) is 59.6 Å². The Balaban J connectivity index is 2.05. The zero-order chi connectivity index (χ0) is 15.3. The van der Waals surface area contributed by atoms with Crippen LogP contribution >= 0.6 is 0 Å². The van der Waals surface area contributed by atoms with Crippen LogP contribution in [0.3, 0.4) is 0 Å². The molecule has 0 radical (unpaired) electrons. The van der Waals surface area contributed by atoms with E-state index in [0.29, 0.717) is 19.8 Å². The van der Waals surface area contributed by atoms with Gasteiger partial charge >= 0.3 is 0 Å². The first-order chi connectivity index (χ1) is 10.1. The van der Waals surface area contributed by atoms with Crippen LogP contribution in [-0.2, 0) is 10.2 Å². The van der Waals surface area contributed by atoms with Crippen molar-refractivity contribution in [3.05, 3.63) is 23.8 Å². The van der Waals surface area contributed by atoms with Crippen LogP contribution in [0.15, 0.2) is 18.2 Å². The van der Waals surface area contributed by atoms with Crippen LogP contribution in [0.2, 0.25) is 0 Å². The molecule has 1 aliphatic rings. The second-order valence-electron chi connectivity index (χ2n) is 5.70. The van der Waals surface area contributed by atoms with E-state index < -0.39 is 5.41 Å². The van der Waals surface area contributed by atoms with Crippen molar-refractivity contribution >= 4 is 5.91 Å². The van der Waals surface area contributed by atoms with E-state index in [4.69, 9.17) is 9.47 Å². The van der Waals surface area contributed by atoms with Crippen molar-refractivity contribution in [1.29, 1.82) is 0 Å². The fourth-order valence-electron chi connectivity index (χ4n) is 2.25. The molecule has 0 bridgehead atoms. The monoisotopic (exact) mass is 292 g/mol. The van der Waals surface area contributed by atoms with Gasteiger partial charge in [0.25, 0.3) is 0 Å². The van der Waals surface area contributed by atoms with E-state index in [1.165, 1.54) is 0 Å². The molecular formula is C16H24N2O3. The van der Waals surface area contributed by atoms with Gasteiger partial charge in [-0.05, 0) is 51.6 Å². The first-order valence-corrected chi connectivity index (χ1v) is 7.38. The smallest absolute Gasteiger partial charge is 0.230 e. The summed E-state index contributed by atoms with van der Waals surface area (Å²) in [6, 6.07) is 5.71. The lowest BCUT2D eigenvalue weighted by molar-refractivity contribution is -0.125. The van der Waals surface area contributed by atoms with Gasteiger partial charge in [0, 0.05) is 6.54 Å². The average Bonchev–Trinajstić information content (AvgIpc) is 2.50. The number of hydrogen-bond donors (Lipinski definition) is 2. The van der Waals surface area contributed by atoms with Crippen LogP contribution in [-0.4, -0.2) is 39.3 Å². The van der Waals surface area contributed by atoms with Crippen LogP contribution < -0.4 is 20.1 Å². The summed E-state index contributed by atoms with van der Waals surface area (Å²) in [5, 5.41) is 6.05. The van der Waals surface area contributed by atoms with Gasteiger partial charge in [-0.25, -0.2) is 0 Å². The highest BCUT2D eigenvalue weighted by molar-refractivity contribution is 5.87. The number of amides is 1. The molecule has 0 aromatic heterocycles. The number of nitrogens with one attached hydrogen (secondary N) is 2. The summed E-state index contributed by atoms with van der Waals surface area (Å²) in [7, 11) is 1.90. The molecule has 2 rings (SSSR count). The van der Waals surface area contributed by atoms with E-state index in [-0.39, 0.29) is 5.91 Å². The zero-order valence-electron chi connectivity index (χ0n) is 13.0. The Bertz CT molecular complexity index is 500. The summed E-state index contributed by atoms with van der Waals surface area (Å²) in [5.41, 5.74) is 0.327. The van der Waals surface area contributed by atoms with Gasteiger partial charge in [-0.15, -0.1) is 0 Å².